The van der Waals surface area contributed by atoms with E-state index in [0.29, 0.717) is 5.82 Å². The monoisotopic (exact) mass is 446 g/mol. The van der Waals surface area contributed by atoms with Gasteiger partial charge in [0.25, 0.3) is 0 Å². The van der Waals surface area contributed by atoms with Crippen molar-refractivity contribution in [1.82, 2.24) is 19.7 Å². The van der Waals surface area contributed by atoms with E-state index in [4.69, 9.17) is 9.51 Å². The number of fused-ring (bicyclic) bond motifs is 3. The van der Waals surface area contributed by atoms with Gasteiger partial charge in [0.15, 0.2) is 5.82 Å². The molecule has 34 heavy (non-hydrogen) atoms. The lowest BCUT2D eigenvalue weighted by Crippen LogP contribution is -2.06. The summed E-state index contributed by atoms with van der Waals surface area (Å²) in [7, 11) is 0. The number of rotatable bonds is 5. The average molecular weight is 447 g/mol. The van der Waals surface area contributed by atoms with E-state index in [1.165, 1.54) is 39.7 Å². The molecule has 5 aromatic rings. The van der Waals surface area contributed by atoms with Gasteiger partial charge in [-0.25, -0.2) is 4.98 Å². The van der Waals surface area contributed by atoms with Crippen molar-refractivity contribution in [3.05, 3.63) is 113 Å². The summed E-state index contributed by atoms with van der Waals surface area (Å²) in [6, 6.07) is 24.0. The molecule has 0 bridgehead atoms. The van der Waals surface area contributed by atoms with Crippen molar-refractivity contribution < 1.29 is 4.52 Å². The Hall–Kier alpha value is -3.99. The summed E-state index contributed by atoms with van der Waals surface area (Å²) in [5, 5.41) is 4.04. The van der Waals surface area contributed by atoms with E-state index in [2.05, 4.69) is 88.4 Å². The van der Waals surface area contributed by atoms with Crippen LogP contribution < -0.4 is 0 Å². The van der Waals surface area contributed by atoms with Crippen LogP contribution in [0.3, 0.4) is 0 Å². The lowest BCUT2D eigenvalue weighted by Gasteiger charge is -2.14. The zero-order chi connectivity index (χ0) is 22.9. The number of imidazole rings is 1. The Bertz CT molecular complexity index is 1490. The van der Waals surface area contributed by atoms with Crippen LogP contribution in [0.5, 0.6) is 0 Å². The molecule has 0 spiro atoms. The van der Waals surface area contributed by atoms with Crippen molar-refractivity contribution in [3.8, 4) is 0 Å². The van der Waals surface area contributed by atoms with Crippen LogP contribution in [-0.2, 0) is 25.8 Å². The number of nitrogens with zero attached hydrogens (tertiary/aromatic N) is 4. The normalized spacial score (nSPS) is 14.2. The van der Waals surface area contributed by atoms with Gasteiger partial charge in [0, 0.05) is 13.0 Å². The molecule has 168 valence electrons. The zero-order valence-electron chi connectivity index (χ0n) is 19.2. The van der Waals surface area contributed by atoms with Crippen molar-refractivity contribution in [2.75, 3.05) is 0 Å². The molecule has 2 aromatic heterocycles. The van der Waals surface area contributed by atoms with Crippen LogP contribution in [0.2, 0.25) is 0 Å². The molecule has 1 aliphatic rings. The zero-order valence-corrected chi connectivity index (χ0v) is 19.2. The molecule has 0 N–H and O–H groups in total. The lowest BCUT2D eigenvalue weighted by atomic mass is 9.92. The Morgan fingerprint density at radius 1 is 0.941 bits per heavy atom. The van der Waals surface area contributed by atoms with E-state index >= 15 is 0 Å². The fourth-order valence-corrected chi connectivity index (χ4v) is 5.06. The molecule has 0 unspecified atom stereocenters. The standard InChI is InChI=1S/C29H26N4O/c1-2-7-29-31-26-10-5-6-11-27(26)33(29)18-20-12-15-24-22(16-20)14-13-21-8-3-4-9-23(21)25(24)17-28-30-19-34-32-28/h3-6,8-12,15-17,19H,2,7,13-14,18H2,1H3. The minimum absolute atomic E-state index is 0.593. The Morgan fingerprint density at radius 2 is 1.76 bits per heavy atom. The topological polar surface area (TPSA) is 56.7 Å². The molecule has 5 nitrogen and oxygen atoms in total. The van der Waals surface area contributed by atoms with Gasteiger partial charge >= 0.3 is 0 Å². The van der Waals surface area contributed by atoms with E-state index in [0.717, 1.165) is 49.1 Å². The van der Waals surface area contributed by atoms with E-state index in [1.807, 2.05) is 6.08 Å². The second kappa shape index (κ2) is 8.75. The third-order valence-electron chi connectivity index (χ3n) is 6.63. The summed E-state index contributed by atoms with van der Waals surface area (Å²) < 4.78 is 7.37. The van der Waals surface area contributed by atoms with Gasteiger partial charge in [-0.3, -0.25) is 0 Å². The van der Waals surface area contributed by atoms with Crippen LogP contribution >= 0.6 is 0 Å². The SMILES string of the molecule is CCCc1nc2ccccc2n1Cc1ccc2c(c1)CCc1ccccc1C2=Cc1ncon1. The minimum atomic E-state index is 0.593. The molecular formula is C29H26N4O. The predicted molar refractivity (Wildman–Crippen MR) is 134 cm³/mol. The number of benzene rings is 3. The highest BCUT2D eigenvalue weighted by molar-refractivity contribution is 5.93. The van der Waals surface area contributed by atoms with Crippen LogP contribution in [0, 0.1) is 0 Å². The number of aromatic nitrogens is 4. The summed E-state index contributed by atoms with van der Waals surface area (Å²) in [5.74, 6) is 1.75. The van der Waals surface area contributed by atoms with Crippen molar-refractivity contribution in [2.24, 2.45) is 0 Å². The van der Waals surface area contributed by atoms with Gasteiger partial charge in [-0.1, -0.05) is 66.7 Å². The van der Waals surface area contributed by atoms with Crippen molar-refractivity contribution in [1.29, 1.82) is 0 Å². The first-order chi connectivity index (χ1) is 16.8. The minimum Gasteiger partial charge on any atom is -0.342 e. The maximum Gasteiger partial charge on any atom is 0.214 e. The second-order valence-electron chi connectivity index (χ2n) is 8.85. The average Bonchev–Trinajstić information content (AvgIpc) is 3.47. The van der Waals surface area contributed by atoms with Gasteiger partial charge < -0.3 is 9.09 Å². The van der Waals surface area contributed by atoms with Gasteiger partial charge in [-0.15, -0.1) is 0 Å². The quantitative estimate of drug-likeness (QED) is 0.327. The van der Waals surface area contributed by atoms with Crippen molar-refractivity contribution in [2.45, 2.75) is 39.2 Å². The van der Waals surface area contributed by atoms with Crippen LogP contribution in [-0.4, -0.2) is 19.7 Å². The highest BCUT2D eigenvalue weighted by Crippen LogP contribution is 2.35. The summed E-state index contributed by atoms with van der Waals surface area (Å²) >= 11 is 0. The van der Waals surface area contributed by atoms with Gasteiger partial charge in [0.05, 0.1) is 11.0 Å². The number of hydrogen-bond donors (Lipinski definition) is 0. The molecular weight excluding hydrogens is 420 g/mol. The van der Waals surface area contributed by atoms with Crippen LogP contribution in [0.1, 0.15) is 52.8 Å². The van der Waals surface area contributed by atoms with E-state index in [-0.39, 0.29) is 0 Å². The predicted octanol–water partition coefficient (Wildman–Crippen LogP) is 6.11. The molecule has 0 saturated carbocycles. The number of aryl methyl sites for hydroxylation is 3. The maximum absolute atomic E-state index is 4.99. The summed E-state index contributed by atoms with van der Waals surface area (Å²) in [4.78, 5) is 9.16. The summed E-state index contributed by atoms with van der Waals surface area (Å²) in [5.41, 5.74) is 9.89. The highest BCUT2D eigenvalue weighted by atomic mass is 16.5. The Balaban J connectivity index is 1.43. The molecule has 1 aliphatic carbocycles. The Kier molecular flexibility index (Phi) is 5.30. The number of para-hydroxylation sites is 2. The van der Waals surface area contributed by atoms with Gasteiger partial charge in [-0.2, -0.15) is 4.98 Å². The van der Waals surface area contributed by atoms with Crippen molar-refractivity contribution in [3.63, 3.8) is 0 Å². The first-order valence-electron chi connectivity index (χ1n) is 11.9. The molecule has 5 heteroatoms. The molecule has 0 amide bonds. The number of hydrogen-bond acceptors (Lipinski definition) is 4. The van der Waals surface area contributed by atoms with Crippen molar-refractivity contribution >= 4 is 22.7 Å². The molecule has 0 fully saturated rings. The third-order valence-corrected chi connectivity index (χ3v) is 6.63. The molecule has 0 atom stereocenters. The maximum atomic E-state index is 4.99. The van der Waals surface area contributed by atoms with E-state index in [1.54, 1.807) is 0 Å². The first-order valence-corrected chi connectivity index (χ1v) is 11.9. The highest BCUT2D eigenvalue weighted by Gasteiger charge is 2.19. The van der Waals surface area contributed by atoms with Crippen LogP contribution in [0.25, 0.3) is 22.7 Å². The van der Waals surface area contributed by atoms with Crippen LogP contribution in [0.15, 0.2) is 77.6 Å². The molecule has 3 aromatic carbocycles. The molecule has 2 heterocycles. The fourth-order valence-electron chi connectivity index (χ4n) is 5.06. The van der Waals surface area contributed by atoms with E-state index < -0.39 is 0 Å². The van der Waals surface area contributed by atoms with Gasteiger partial charge in [0.2, 0.25) is 6.39 Å². The Labute approximate surface area is 198 Å². The second-order valence-corrected chi connectivity index (χ2v) is 8.85. The van der Waals surface area contributed by atoms with Gasteiger partial charge in [0.1, 0.15) is 5.82 Å². The largest absolute Gasteiger partial charge is 0.342 e. The molecule has 6 rings (SSSR count). The molecule has 0 saturated heterocycles. The first kappa shape index (κ1) is 20.6. The van der Waals surface area contributed by atoms with Gasteiger partial charge in [-0.05, 0) is 70.9 Å². The van der Waals surface area contributed by atoms with E-state index in [9.17, 15) is 0 Å². The molecule has 0 radical (unpaired) electrons. The fraction of sp³-hybridized carbons (Fsp3) is 0.207. The third kappa shape index (κ3) is 3.73. The summed E-state index contributed by atoms with van der Waals surface area (Å²) in [6.07, 6.45) is 7.47. The summed E-state index contributed by atoms with van der Waals surface area (Å²) in [6.45, 7) is 3.03. The lowest BCUT2D eigenvalue weighted by molar-refractivity contribution is 0.415. The van der Waals surface area contributed by atoms with Crippen LogP contribution in [0.4, 0.5) is 0 Å². The Morgan fingerprint density at radius 3 is 2.65 bits per heavy atom. The smallest absolute Gasteiger partial charge is 0.214 e. The molecule has 0 aliphatic heterocycles.